The van der Waals surface area contributed by atoms with Crippen LogP contribution in [0.25, 0.3) is 32.8 Å². The van der Waals surface area contributed by atoms with E-state index in [1.165, 1.54) is 10.8 Å². The lowest BCUT2D eigenvalue weighted by Crippen LogP contribution is -2.07. The molecule has 30 heavy (non-hydrogen) atoms. The molecular formula is C27H19NO2. The fourth-order valence-corrected chi connectivity index (χ4v) is 3.99. The van der Waals surface area contributed by atoms with Crippen molar-refractivity contribution < 1.29 is 9.53 Å². The number of fused-ring (bicyclic) bond motifs is 2. The third kappa shape index (κ3) is 3.20. The first-order chi connectivity index (χ1) is 14.8. The lowest BCUT2D eigenvalue weighted by molar-refractivity contribution is -0.132. The molecule has 0 bridgehead atoms. The van der Waals surface area contributed by atoms with Crippen LogP contribution in [0.2, 0.25) is 0 Å². The number of rotatable bonds is 5. The smallest absolute Gasteiger partial charge is 0.294 e. The van der Waals surface area contributed by atoms with Crippen LogP contribution < -0.4 is 0 Å². The highest BCUT2D eigenvalue weighted by atomic mass is 16.5. The van der Waals surface area contributed by atoms with Crippen molar-refractivity contribution in [3.8, 4) is 11.1 Å². The van der Waals surface area contributed by atoms with Gasteiger partial charge in [0.25, 0.3) is 6.47 Å². The van der Waals surface area contributed by atoms with Gasteiger partial charge in [-0.15, -0.1) is 0 Å². The van der Waals surface area contributed by atoms with Gasteiger partial charge in [0.2, 0.25) is 0 Å². The Hall–Kier alpha value is -3.98. The molecule has 1 heterocycles. The summed E-state index contributed by atoms with van der Waals surface area (Å²) in [6, 6.07) is 34.5. The molecule has 0 saturated heterocycles. The first kappa shape index (κ1) is 18.1. The average Bonchev–Trinajstić information content (AvgIpc) is 2.82. The maximum Gasteiger partial charge on any atom is 0.294 e. The molecule has 0 radical (unpaired) electrons. The van der Waals surface area contributed by atoms with Crippen molar-refractivity contribution in [3.63, 3.8) is 0 Å². The van der Waals surface area contributed by atoms with Crippen molar-refractivity contribution >= 4 is 28.1 Å². The SMILES string of the molecule is O=COC(c1ccccc1)c1ccc2cccc(-c3cccc4ccccc34)c2n1. The second-order valence-corrected chi connectivity index (χ2v) is 7.16. The fourth-order valence-electron chi connectivity index (χ4n) is 3.99. The summed E-state index contributed by atoms with van der Waals surface area (Å²) >= 11 is 0. The monoisotopic (exact) mass is 389 g/mol. The number of pyridine rings is 1. The Bertz CT molecular complexity index is 1340. The van der Waals surface area contributed by atoms with Crippen molar-refractivity contribution in [1.82, 2.24) is 4.98 Å². The van der Waals surface area contributed by atoms with Gasteiger partial charge < -0.3 is 4.74 Å². The molecule has 1 atom stereocenters. The minimum Gasteiger partial charge on any atom is -0.453 e. The molecule has 0 spiro atoms. The van der Waals surface area contributed by atoms with Gasteiger partial charge in [-0.25, -0.2) is 4.98 Å². The quantitative estimate of drug-likeness (QED) is 0.330. The molecule has 1 unspecified atom stereocenters. The van der Waals surface area contributed by atoms with E-state index in [0.717, 1.165) is 27.6 Å². The number of nitrogens with zero attached hydrogens (tertiary/aromatic N) is 1. The summed E-state index contributed by atoms with van der Waals surface area (Å²) in [6.45, 7) is 0.486. The molecule has 3 heteroatoms. The molecule has 0 saturated carbocycles. The molecule has 4 aromatic carbocycles. The van der Waals surface area contributed by atoms with Crippen LogP contribution in [0.15, 0.2) is 103 Å². The molecule has 5 aromatic rings. The van der Waals surface area contributed by atoms with Crippen molar-refractivity contribution in [1.29, 1.82) is 0 Å². The molecule has 0 aliphatic rings. The predicted octanol–water partition coefficient (Wildman–Crippen LogP) is 6.32. The summed E-state index contributed by atoms with van der Waals surface area (Å²) in [6.07, 6.45) is -0.548. The van der Waals surface area contributed by atoms with Gasteiger partial charge in [-0.05, 0) is 28.0 Å². The van der Waals surface area contributed by atoms with Crippen molar-refractivity contribution in [2.45, 2.75) is 6.10 Å². The lowest BCUT2D eigenvalue weighted by Gasteiger charge is -2.17. The van der Waals surface area contributed by atoms with E-state index in [2.05, 4.69) is 54.6 Å². The minimum absolute atomic E-state index is 0.486. The molecule has 5 rings (SSSR count). The van der Waals surface area contributed by atoms with Gasteiger partial charge in [0.15, 0.2) is 6.10 Å². The molecule has 0 N–H and O–H groups in total. The van der Waals surface area contributed by atoms with E-state index in [1.807, 2.05) is 48.5 Å². The van der Waals surface area contributed by atoms with Crippen LogP contribution in [-0.4, -0.2) is 11.5 Å². The third-order valence-corrected chi connectivity index (χ3v) is 5.38. The topological polar surface area (TPSA) is 39.2 Å². The van der Waals surface area contributed by atoms with E-state index in [-0.39, 0.29) is 0 Å². The number of carbonyl (C=O) groups excluding carboxylic acids is 1. The van der Waals surface area contributed by atoms with Crippen LogP contribution in [0.3, 0.4) is 0 Å². The number of ether oxygens (including phenoxy) is 1. The van der Waals surface area contributed by atoms with Gasteiger partial charge >= 0.3 is 0 Å². The predicted molar refractivity (Wildman–Crippen MR) is 120 cm³/mol. The highest BCUT2D eigenvalue weighted by molar-refractivity contribution is 6.04. The van der Waals surface area contributed by atoms with E-state index < -0.39 is 6.10 Å². The van der Waals surface area contributed by atoms with Crippen molar-refractivity contribution in [3.05, 3.63) is 114 Å². The first-order valence-electron chi connectivity index (χ1n) is 9.87. The second kappa shape index (κ2) is 7.80. The van der Waals surface area contributed by atoms with Crippen LogP contribution in [0.5, 0.6) is 0 Å². The van der Waals surface area contributed by atoms with E-state index in [1.54, 1.807) is 0 Å². The summed E-state index contributed by atoms with van der Waals surface area (Å²) in [5, 5.41) is 3.42. The van der Waals surface area contributed by atoms with Gasteiger partial charge in [-0.2, -0.15) is 0 Å². The molecule has 0 aliphatic heterocycles. The molecule has 1 aromatic heterocycles. The van der Waals surface area contributed by atoms with E-state index >= 15 is 0 Å². The van der Waals surface area contributed by atoms with E-state index in [4.69, 9.17) is 9.72 Å². The Morgan fingerprint density at radius 3 is 2.20 bits per heavy atom. The Balaban J connectivity index is 1.72. The first-order valence-corrected chi connectivity index (χ1v) is 9.87. The zero-order valence-electron chi connectivity index (χ0n) is 16.2. The largest absolute Gasteiger partial charge is 0.453 e. The molecule has 3 nitrogen and oxygen atoms in total. The number of hydrogen-bond acceptors (Lipinski definition) is 3. The van der Waals surface area contributed by atoms with Crippen LogP contribution in [0, 0.1) is 0 Å². The van der Waals surface area contributed by atoms with Gasteiger partial charge in [-0.1, -0.05) is 97.1 Å². The van der Waals surface area contributed by atoms with Gasteiger partial charge in [0.1, 0.15) is 0 Å². The normalized spacial score (nSPS) is 12.0. The fraction of sp³-hybridized carbons (Fsp3) is 0.0370. The minimum atomic E-state index is -0.548. The highest BCUT2D eigenvalue weighted by Crippen LogP contribution is 2.34. The standard InChI is InChI=1S/C27H19NO2/c29-18-30-27(21-9-2-1-3-10-21)25-17-16-20-12-7-15-24(26(20)28-25)23-14-6-11-19-8-4-5-13-22(19)23/h1-18,27H. The summed E-state index contributed by atoms with van der Waals surface area (Å²) < 4.78 is 5.44. The second-order valence-electron chi connectivity index (χ2n) is 7.16. The maximum absolute atomic E-state index is 11.2. The number of benzene rings is 4. The summed E-state index contributed by atoms with van der Waals surface area (Å²) in [5.41, 5.74) is 4.68. The molecular weight excluding hydrogens is 370 g/mol. The summed E-state index contributed by atoms with van der Waals surface area (Å²) in [5.74, 6) is 0. The molecule has 0 amide bonds. The van der Waals surface area contributed by atoms with Gasteiger partial charge in [0.05, 0.1) is 11.2 Å². The number of hydrogen-bond donors (Lipinski definition) is 0. The van der Waals surface area contributed by atoms with E-state index in [9.17, 15) is 4.79 Å². The zero-order chi connectivity index (χ0) is 20.3. The lowest BCUT2D eigenvalue weighted by atomic mass is 9.96. The summed E-state index contributed by atoms with van der Waals surface area (Å²) in [4.78, 5) is 16.2. The average molecular weight is 389 g/mol. The number of carbonyl (C=O) groups is 1. The Morgan fingerprint density at radius 1 is 0.667 bits per heavy atom. The molecule has 144 valence electrons. The van der Waals surface area contributed by atoms with Crippen LogP contribution in [-0.2, 0) is 9.53 Å². The van der Waals surface area contributed by atoms with Crippen molar-refractivity contribution in [2.24, 2.45) is 0 Å². The van der Waals surface area contributed by atoms with Crippen LogP contribution >= 0.6 is 0 Å². The Kier molecular flexibility index (Phi) is 4.70. The molecule has 0 fully saturated rings. The number of para-hydroxylation sites is 1. The number of aromatic nitrogens is 1. The maximum atomic E-state index is 11.2. The zero-order valence-corrected chi connectivity index (χ0v) is 16.2. The van der Waals surface area contributed by atoms with Crippen molar-refractivity contribution in [2.75, 3.05) is 0 Å². The third-order valence-electron chi connectivity index (χ3n) is 5.38. The Labute approximate surface area is 174 Å². The van der Waals surface area contributed by atoms with Crippen LogP contribution in [0.1, 0.15) is 17.4 Å². The highest BCUT2D eigenvalue weighted by Gasteiger charge is 2.18. The molecule has 0 aliphatic carbocycles. The van der Waals surface area contributed by atoms with Crippen LogP contribution in [0.4, 0.5) is 0 Å². The summed E-state index contributed by atoms with van der Waals surface area (Å²) in [7, 11) is 0. The van der Waals surface area contributed by atoms with Gasteiger partial charge in [-0.3, -0.25) is 4.79 Å². The Morgan fingerprint density at radius 2 is 1.37 bits per heavy atom. The van der Waals surface area contributed by atoms with E-state index in [0.29, 0.717) is 12.2 Å². The van der Waals surface area contributed by atoms with Gasteiger partial charge in [0, 0.05) is 10.9 Å².